The minimum Gasteiger partial charge on any atom is -0.411 e. The first-order valence-corrected chi connectivity index (χ1v) is 8.49. The summed E-state index contributed by atoms with van der Waals surface area (Å²) in [6, 6.07) is 22.2. The molecule has 0 aliphatic rings. The Balaban J connectivity index is 1.99. The molecule has 3 rings (SSSR count). The number of hydrogen-bond acceptors (Lipinski definition) is 3. The molecule has 2 aromatic carbocycles. The molecule has 0 amide bonds. The molecule has 0 aliphatic carbocycles. The van der Waals surface area contributed by atoms with Crippen molar-refractivity contribution in [3.63, 3.8) is 0 Å². The quantitative estimate of drug-likeness (QED) is 0.373. The Morgan fingerprint density at radius 1 is 0.958 bits per heavy atom. The molecule has 0 radical (unpaired) electrons. The molecule has 1 N–H and O–H groups in total. The molecule has 0 saturated carbocycles. The number of benzene rings is 2. The van der Waals surface area contributed by atoms with Gasteiger partial charge < -0.3 is 5.21 Å². The third kappa shape index (κ3) is 3.89. The van der Waals surface area contributed by atoms with E-state index < -0.39 is 0 Å². The Labute approximate surface area is 149 Å². The molecule has 120 valence electrons. The largest absolute Gasteiger partial charge is 0.411 e. The maximum Gasteiger partial charge on any atom is 0.0878 e. The van der Waals surface area contributed by atoms with Gasteiger partial charge in [-0.05, 0) is 35.4 Å². The van der Waals surface area contributed by atoms with Gasteiger partial charge >= 0.3 is 0 Å². The van der Waals surface area contributed by atoms with Gasteiger partial charge in [-0.15, -0.1) is 0 Å². The average Bonchev–Trinajstić information content (AvgIpc) is 2.64. The molecule has 1 heterocycles. The number of oxime groups is 1. The van der Waals surface area contributed by atoms with Crippen molar-refractivity contribution in [2.75, 3.05) is 0 Å². The van der Waals surface area contributed by atoms with E-state index in [-0.39, 0.29) is 5.92 Å². The molecule has 0 aliphatic heterocycles. The summed E-state index contributed by atoms with van der Waals surface area (Å²) in [4.78, 5) is 4.03. The molecular weight excluding hydrogens is 364 g/mol. The minimum absolute atomic E-state index is 0.0998. The monoisotopic (exact) mass is 380 g/mol. The van der Waals surface area contributed by atoms with E-state index in [1.807, 2.05) is 42.5 Å². The summed E-state index contributed by atoms with van der Waals surface area (Å²) in [5.41, 5.74) is 3.88. The van der Waals surface area contributed by atoms with E-state index in [1.165, 1.54) is 11.1 Å². The first kappa shape index (κ1) is 16.4. The third-order valence-electron chi connectivity index (χ3n) is 3.98. The van der Waals surface area contributed by atoms with E-state index in [9.17, 15) is 5.21 Å². The Bertz CT molecular complexity index is 819. The highest BCUT2D eigenvalue weighted by Crippen LogP contribution is 2.31. The summed E-state index contributed by atoms with van der Waals surface area (Å²) in [6.07, 6.45) is 4.01. The number of halogens is 1. The Morgan fingerprint density at radius 2 is 1.67 bits per heavy atom. The highest BCUT2D eigenvalue weighted by Gasteiger charge is 2.18. The first-order valence-electron chi connectivity index (χ1n) is 7.69. The lowest BCUT2D eigenvalue weighted by Crippen LogP contribution is -2.10. The van der Waals surface area contributed by atoms with Gasteiger partial charge in [0, 0.05) is 34.8 Å². The maximum atomic E-state index is 9.54. The average molecular weight is 381 g/mol. The van der Waals surface area contributed by atoms with Gasteiger partial charge in [0.15, 0.2) is 0 Å². The van der Waals surface area contributed by atoms with Crippen LogP contribution in [0.3, 0.4) is 0 Å². The van der Waals surface area contributed by atoms with Crippen molar-refractivity contribution in [1.82, 2.24) is 4.98 Å². The van der Waals surface area contributed by atoms with Crippen molar-refractivity contribution in [2.24, 2.45) is 5.16 Å². The second-order valence-electron chi connectivity index (χ2n) is 5.50. The van der Waals surface area contributed by atoms with Gasteiger partial charge in [0.1, 0.15) is 0 Å². The number of aromatic nitrogens is 1. The Hall–Kier alpha value is -2.46. The molecule has 0 spiro atoms. The lowest BCUT2D eigenvalue weighted by Gasteiger charge is -2.19. The van der Waals surface area contributed by atoms with Crippen LogP contribution in [-0.4, -0.2) is 15.9 Å². The summed E-state index contributed by atoms with van der Waals surface area (Å²) in [5.74, 6) is 0.0998. The van der Waals surface area contributed by atoms with Crippen molar-refractivity contribution >= 4 is 21.6 Å². The van der Waals surface area contributed by atoms with E-state index in [0.717, 1.165) is 10.0 Å². The summed E-state index contributed by atoms with van der Waals surface area (Å²) in [7, 11) is 0. The molecule has 4 heteroatoms. The number of nitrogens with zero attached hydrogens (tertiary/aromatic N) is 2. The van der Waals surface area contributed by atoms with E-state index in [1.54, 1.807) is 12.4 Å². The SMILES string of the molecule is O/N=C(/CC(c1ccccc1)c1cccc(Br)c1)c1ccncc1. The number of pyridine rings is 1. The van der Waals surface area contributed by atoms with Gasteiger partial charge in [-0.25, -0.2) is 0 Å². The van der Waals surface area contributed by atoms with Gasteiger partial charge in [0.05, 0.1) is 5.71 Å². The van der Waals surface area contributed by atoms with E-state index in [2.05, 4.69) is 50.3 Å². The van der Waals surface area contributed by atoms with Crippen LogP contribution in [0.2, 0.25) is 0 Å². The molecule has 3 aromatic rings. The standard InChI is InChI=1S/C20H17BrN2O/c21-18-8-4-7-17(13-18)19(15-5-2-1-3-6-15)14-20(23-24)16-9-11-22-12-10-16/h1-13,19,24H,14H2/b23-20-. The van der Waals surface area contributed by atoms with Gasteiger partial charge in [0.2, 0.25) is 0 Å². The van der Waals surface area contributed by atoms with Crippen molar-refractivity contribution < 1.29 is 5.21 Å². The summed E-state index contributed by atoms with van der Waals surface area (Å²) < 4.78 is 1.03. The van der Waals surface area contributed by atoms with Crippen molar-refractivity contribution in [2.45, 2.75) is 12.3 Å². The zero-order valence-electron chi connectivity index (χ0n) is 13.0. The molecule has 24 heavy (non-hydrogen) atoms. The van der Waals surface area contributed by atoms with E-state index in [0.29, 0.717) is 12.1 Å². The van der Waals surface area contributed by atoms with Gasteiger partial charge in [-0.1, -0.05) is 63.6 Å². The predicted octanol–water partition coefficient (Wildman–Crippen LogP) is 5.24. The highest BCUT2D eigenvalue weighted by atomic mass is 79.9. The van der Waals surface area contributed by atoms with Crippen LogP contribution < -0.4 is 0 Å². The van der Waals surface area contributed by atoms with Crippen LogP contribution >= 0.6 is 15.9 Å². The van der Waals surface area contributed by atoms with Crippen LogP contribution in [0.1, 0.15) is 29.0 Å². The number of rotatable bonds is 5. The lowest BCUT2D eigenvalue weighted by atomic mass is 9.85. The van der Waals surface area contributed by atoms with Gasteiger partial charge in [0.25, 0.3) is 0 Å². The van der Waals surface area contributed by atoms with Crippen LogP contribution in [0.5, 0.6) is 0 Å². The number of hydrogen-bond donors (Lipinski definition) is 1. The van der Waals surface area contributed by atoms with Crippen molar-refractivity contribution in [3.8, 4) is 0 Å². The fraction of sp³-hybridized carbons (Fsp3) is 0.100. The third-order valence-corrected chi connectivity index (χ3v) is 4.48. The van der Waals surface area contributed by atoms with Gasteiger partial charge in [-0.2, -0.15) is 0 Å². The highest BCUT2D eigenvalue weighted by molar-refractivity contribution is 9.10. The van der Waals surface area contributed by atoms with Crippen LogP contribution in [0, 0.1) is 0 Å². The minimum atomic E-state index is 0.0998. The van der Waals surface area contributed by atoms with E-state index >= 15 is 0 Å². The van der Waals surface area contributed by atoms with Crippen LogP contribution in [-0.2, 0) is 0 Å². The Morgan fingerprint density at radius 3 is 2.33 bits per heavy atom. The summed E-state index contributed by atoms with van der Waals surface area (Å²) in [6.45, 7) is 0. The van der Waals surface area contributed by atoms with Crippen LogP contribution in [0.15, 0.2) is 88.8 Å². The molecule has 0 saturated heterocycles. The maximum absolute atomic E-state index is 9.54. The van der Waals surface area contributed by atoms with Crippen molar-refractivity contribution in [1.29, 1.82) is 0 Å². The zero-order valence-corrected chi connectivity index (χ0v) is 14.6. The predicted molar refractivity (Wildman–Crippen MR) is 99.6 cm³/mol. The normalized spacial score (nSPS) is 12.8. The smallest absolute Gasteiger partial charge is 0.0878 e. The summed E-state index contributed by atoms with van der Waals surface area (Å²) in [5, 5.41) is 13.1. The summed E-state index contributed by atoms with van der Waals surface area (Å²) >= 11 is 3.54. The topological polar surface area (TPSA) is 45.5 Å². The molecule has 1 atom stereocenters. The fourth-order valence-corrected chi connectivity index (χ4v) is 3.21. The van der Waals surface area contributed by atoms with Crippen molar-refractivity contribution in [3.05, 3.63) is 100 Å². The molecule has 0 bridgehead atoms. The molecule has 1 unspecified atom stereocenters. The molecule has 1 aromatic heterocycles. The molecular formula is C20H17BrN2O. The van der Waals surface area contributed by atoms with Gasteiger partial charge in [-0.3, -0.25) is 4.98 Å². The zero-order chi connectivity index (χ0) is 16.8. The van der Waals surface area contributed by atoms with E-state index in [4.69, 9.17) is 0 Å². The van der Waals surface area contributed by atoms with Crippen LogP contribution in [0.25, 0.3) is 0 Å². The second-order valence-corrected chi connectivity index (χ2v) is 6.42. The lowest BCUT2D eigenvalue weighted by molar-refractivity contribution is 0.317. The second kappa shape index (κ2) is 7.88. The molecule has 0 fully saturated rings. The fourth-order valence-electron chi connectivity index (χ4n) is 2.79. The Kier molecular flexibility index (Phi) is 5.39. The van der Waals surface area contributed by atoms with Crippen LogP contribution in [0.4, 0.5) is 0 Å². The first-order chi connectivity index (χ1) is 11.8. The molecule has 3 nitrogen and oxygen atoms in total.